The molecule has 1 aliphatic rings. The summed E-state index contributed by atoms with van der Waals surface area (Å²) in [5.41, 5.74) is 2.27. The van der Waals surface area contributed by atoms with Gasteiger partial charge in [-0.3, -0.25) is 4.79 Å². The number of amides is 1. The fourth-order valence-corrected chi connectivity index (χ4v) is 3.38. The predicted octanol–water partition coefficient (Wildman–Crippen LogP) is 3.20. The molecule has 1 aliphatic heterocycles. The predicted molar refractivity (Wildman–Crippen MR) is 103 cm³/mol. The van der Waals surface area contributed by atoms with E-state index < -0.39 is 0 Å². The van der Waals surface area contributed by atoms with E-state index in [0.717, 1.165) is 12.0 Å². The van der Waals surface area contributed by atoms with Crippen molar-refractivity contribution in [1.82, 2.24) is 20.4 Å². The summed E-state index contributed by atoms with van der Waals surface area (Å²) in [5.74, 6) is 1.01. The van der Waals surface area contributed by atoms with E-state index >= 15 is 0 Å². The molecule has 0 saturated carbocycles. The van der Waals surface area contributed by atoms with Gasteiger partial charge in [-0.25, -0.2) is 14.4 Å². The molecular formula is C21H21FN4O3. The van der Waals surface area contributed by atoms with Gasteiger partial charge < -0.3 is 14.6 Å². The number of rotatable bonds is 6. The smallest absolute Gasteiger partial charge is 0.273 e. The molecule has 1 N–H and O–H groups in total. The first-order valence-corrected chi connectivity index (χ1v) is 9.48. The van der Waals surface area contributed by atoms with Crippen molar-refractivity contribution in [1.29, 1.82) is 0 Å². The van der Waals surface area contributed by atoms with Crippen LogP contribution in [0.4, 0.5) is 4.39 Å². The highest BCUT2D eigenvalue weighted by Gasteiger charge is 2.28. The second kappa shape index (κ2) is 7.98. The van der Waals surface area contributed by atoms with Gasteiger partial charge in [0.15, 0.2) is 5.69 Å². The third-order valence-electron chi connectivity index (χ3n) is 4.63. The van der Waals surface area contributed by atoms with Crippen LogP contribution in [0.2, 0.25) is 0 Å². The topological polar surface area (TPSA) is 90.1 Å². The average Bonchev–Trinajstić information content (AvgIpc) is 3.32. The number of carbonyl (C=O) groups is 1. The summed E-state index contributed by atoms with van der Waals surface area (Å²) in [6.07, 6.45) is 5.55. The first kappa shape index (κ1) is 19.0. The fourth-order valence-electron chi connectivity index (χ4n) is 3.38. The van der Waals surface area contributed by atoms with E-state index in [1.807, 2.05) is 0 Å². The van der Waals surface area contributed by atoms with Crippen molar-refractivity contribution in [3.05, 3.63) is 59.8 Å². The minimum atomic E-state index is -0.351. The third-order valence-corrected chi connectivity index (χ3v) is 4.63. The molecule has 0 spiro atoms. The van der Waals surface area contributed by atoms with Gasteiger partial charge in [0.25, 0.3) is 5.91 Å². The molecule has 2 aromatic heterocycles. The minimum Gasteiger partial charge on any atom is -0.487 e. The molecule has 1 aromatic carbocycles. The molecule has 0 aliphatic carbocycles. The van der Waals surface area contributed by atoms with Crippen LogP contribution in [0.15, 0.2) is 41.4 Å². The summed E-state index contributed by atoms with van der Waals surface area (Å²) in [7, 11) is 0. The van der Waals surface area contributed by atoms with Crippen molar-refractivity contribution < 1.29 is 18.4 Å². The Morgan fingerprint density at radius 2 is 2.07 bits per heavy atom. The van der Waals surface area contributed by atoms with Crippen molar-refractivity contribution in [2.24, 2.45) is 5.92 Å². The Kier molecular flexibility index (Phi) is 5.24. The molecule has 0 unspecified atom stereocenters. The third kappa shape index (κ3) is 4.26. The number of fused-ring (bicyclic) bond motifs is 1. The van der Waals surface area contributed by atoms with E-state index in [9.17, 15) is 9.18 Å². The second-order valence-electron chi connectivity index (χ2n) is 7.50. The normalized spacial score (nSPS) is 15.2. The molecule has 7 nitrogen and oxygen atoms in total. The van der Waals surface area contributed by atoms with Crippen LogP contribution >= 0.6 is 0 Å². The molecule has 0 bridgehead atoms. The lowest BCUT2D eigenvalue weighted by molar-refractivity contribution is 0.0924. The van der Waals surface area contributed by atoms with Gasteiger partial charge in [0.05, 0.1) is 6.54 Å². The maximum Gasteiger partial charge on any atom is 0.273 e. The monoisotopic (exact) mass is 396 g/mol. The number of halogens is 1. The van der Waals surface area contributed by atoms with Crippen molar-refractivity contribution >= 4 is 5.91 Å². The average molecular weight is 396 g/mol. The molecule has 4 rings (SSSR count). The molecule has 0 saturated heterocycles. The van der Waals surface area contributed by atoms with E-state index in [-0.39, 0.29) is 30.1 Å². The van der Waals surface area contributed by atoms with Crippen LogP contribution in [0, 0.1) is 11.7 Å². The Hall–Kier alpha value is -3.29. The molecule has 29 heavy (non-hydrogen) atoms. The molecule has 0 fully saturated rings. The van der Waals surface area contributed by atoms with Crippen molar-refractivity contribution in [2.75, 3.05) is 6.54 Å². The number of aromatic nitrogens is 3. The quantitative estimate of drug-likeness (QED) is 0.688. The minimum absolute atomic E-state index is 0.240. The van der Waals surface area contributed by atoms with Gasteiger partial charge in [-0.1, -0.05) is 19.0 Å². The largest absolute Gasteiger partial charge is 0.487 e. The first-order valence-electron chi connectivity index (χ1n) is 9.48. The molecular weight excluding hydrogens is 375 g/mol. The molecule has 1 atom stereocenters. The SMILES string of the molecule is CC(C)Cc1cc(C(=O)NC[C@@H]2Cc3cc(F)cc(-c4cncnc4)c3O2)no1. The summed E-state index contributed by atoms with van der Waals surface area (Å²) in [5, 5.41) is 6.64. The zero-order chi connectivity index (χ0) is 20.4. The number of ether oxygens (including phenoxy) is 1. The van der Waals surface area contributed by atoms with Crippen molar-refractivity contribution in [3.8, 4) is 16.9 Å². The van der Waals surface area contributed by atoms with Crippen LogP contribution < -0.4 is 10.1 Å². The Morgan fingerprint density at radius 3 is 2.83 bits per heavy atom. The van der Waals surface area contributed by atoms with Gasteiger partial charge in [0.1, 0.15) is 29.8 Å². The maximum atomic E-state index is 14.1. The highest BCUT2D eigenvalue weighted by Crippen LogP contribution is 2.39. The highest BCUT2D eigenvalue weighted by molar-refractivity contribution is 5.92. The Bertz CT molecular complexity index is 1020. The van der Waals surface area contributed by atoms with E-state index in [1.165, 1.54) is 18.5 Å². The zero-order valence-corrected chi connectivity index (χ0v) is 16.2. The standard InChI is InChI=1S/C21H21FN4O3/c1-12(2)3-16-7-19(26-29-16)21(27)25-10-17-5-13-4-15(22)6-18(20(13)28-17)14-8-23-11-24-9-14/h4,6-9,11-12,17H,3,5,10H2,1-2H3,(H,25,27)/t17-/m0/s1. The number of benzene rings is 1. The summed E-state index contributed by atoms with van der Waals surface area (Å²) in [4.78, 5) is 20.3. The molecule has 3 aromatic rings. The molecule has 1 amide bonds. The van der Waals surface area contributed by atoms with Crippen molar-refractivity contribution in [3.63, 3.8) is 0 Å². The number of hydrogen-bond acceptors (Lipinski definition) is 6. The van der Waals surface area contributed by atoms with Gasteiger partial charge in [-0.15, -0.1) is 0 Å². The van der Waals surface area contributed by atoms with E-state index in [0.29, 0.717) is 35.0 Å². The van der Waals surface area contributed by atoms with Crippen LogP contribution in [0.25, 0.3) is 11.1 Å². The van der Waals surface area contributed by atoms with Crippen LogP contribution in [0.1, 0.15) is 35.7 Å². The van der Waals surface area contributed by atoms with E-state index in [2.05, 4.69) is 34.3 Å². The molecule has 8 heteroatoms. The maximum absolute atomic E-state index is 14.1. The Labute approximate surface area is 167 Å². The lowest BCUT2D eigenvalue weighted by Gasteiger charge is -2.13. The summed E-state index contributed by atoms with van der Waals surface area (Å²) < 4.78 is 25.3. The number of carbonyl (C=O) groups excluding carboxylic acids is 1. The van der Waals surface area contributed by atoms with Gasteiger partial charge in [0, 0.05) is 48.0 Å². The number of hydrogen-bond donors (Lipinski definition) is 1. The van der Waals surface area contributed by atoms with E-state index in [4.69, 9.17) is 9.26 Å². The van der Waals surface area contributed by atoms with Gasteiger partial charge in [0.2, 0.25) is 0 Å². The summed E-state index contributed by atoms with van der Waals surface area (Å²) in [6.45, 7) is 4.40. The first-order chi connectivity index (χ1) is 14.0. The van der Waals surface area contributed by atoms with Gasteiger partial charge >= 0.3 is 0 Å². The number of nitrogens with one attached hydrogen (secondary N) is 1. The second-order valence-corrected chi connectivity index (χ2v) is 7.50. The molecule has 0 radical (unpaired) electrons. The fraction of sp³-hybridized carbons (Fsp3) is 0.333. The molecule has 3 heterocycles. The number of nitrogens with zero attached hydrogens (tertiary/aromatic N) is 3. The van der Waals surface area contributed by atoms with Crippen LogP contribution in [-0.4, -0.2) is 33.7 Å². The van der Waals surface area contributed by atoms with Gasteiger partial charge in [-0.2, -0.15) is 0 Å². The Morgan fingerprint density at radius 1 is 1.28 bits per heavy atom. The highest BCUT2D eigenvalue weighted by atomic mass is 19.1. The molecule has 150 valence electrons. The lowest BCUT2D eigenvalue weighted by atomic mass is 10.0. The van der Waals surface area contributed by atoms with Crippen LogP contribution in [0.3, 0.4) is 0 Å². The van der Waals surface area contributed by atoms with Crippen molar-refractivity contribution in [2.45, 2.75) is 32.8 Å². The van der Waals surface area contributed by atoms with Crippen LogP contribution in [0.5, 0.6) is 5.75 Å². The Balaban J connectivity index is 1.42. The van der Waals surface area contributed by atoms with E-state index in [1.54, 1.807) is 18.5 Å². The van der Waals surface area contributed by atoms with Gasteiger partial charge in [-0.05, 0) is 18.1 Å². The summed E-state index contributed by atoms with van der Waals surface area (Å²) in [6, 6.07) is 4.52. The zero-order valence-electron chi connectivity index (χ0n) is 16.2. The van der Waals surface area contributed by atoms with Crippen LogP contribution in [-0.2, 0) is 12.8 Å². The lowest BCUT2D eigenvalue weighted by Crippen LogP contribution is -2.34. The summed E-state index contributed by atoms with van der Waals surface area (Å²) >= 11 is 0.